The maximum absolute atomic E-state index is 13.8. The Balaban J connectivity index is 1.77. The van der Waals surface area contributed by atoms with Crippen LogP contribution in [0.25, 0.3) is 0 Å². The summed E-state index contributed by atoms with van der Waals surface area (Å²) in [5.74, 6) is -0.169. The maximum Gasteiger partial charge on any atom is 0.146 e. The highest BCUT2D eigenvalue weighted by molar-refractivity contribution is 9.10. The van der Waals surface area contributed by atoms with Crippen LogP contribution >= 0.6 is 15.9 Å². The summed E-state index contributed by atoms with van der Waals surface area (Å²) in [7, 11) is 0. The number of aryl methyl sites for hydroxylation is 2. The predicted molar refractivity (Wildman–Crippen MR) is 84.7 cm³/mol. The fraction of sp³-hybridized carbons (Fsp3) is 0.294. The van der Waals surface area contributed by atoms with Crippen molar-refractivity contribution in [2.24, 2.45) is 0 Å². The molecule has 1 aliphatic carbocycles. The van der Waals surface area contributed by atoms with Crippen LogP contribution in [0.4, 0.5) is 10.1 Å². The van der Waals surface area contributed by atoms with Gasteiger partial charge in [0.15, 0.2) is 0 Å². The summed E-state index contributed by atoms with van der Waals surface area (Å²) in [6.07, 6.45) is 3.03. The van der Waals surface area contributed by atoms with E-state index in [1.807, 2.05) is 13.0 Å². The Morgan fingerprint density at radius 3 is 2.85 bits per heavy atom. The van der Waals surface area contributed by atoms with Gasteiger partial charge in [-0.15, -0.1) is 0 Å². The van der Waals surface area contributed by atoms with Crippen LogP contribution in [0, 0.1) is 12.7 Å². The van der Waals surface area contributed by atoms with E-state index in [1.165, 1.54) is 17.2 Å². The minimum absolute atomic E-state index is 0.169. The molecule has 0 bridgehead atoms. The Bertz CT molecular complexity index is 639. The second kappa shape index (κ2) is 5.57. The van der Waals surface area contributed by atoms with Crippen molar-refractivity contribution >= 4 is 21.6 Å². The van der Waals surface area contributed by atoms with Gasteiger partial charge in [0, 0.05) is 10.5 Å². The average molecular weight is 334 g/mol. The molecule has 0 fully saturated rings. The molecule has 1 nitrogen and oxygen atoms in total. The molecule has 0 spiro atoms. The number of halogens is 2. The van der Waals surface area contributed by atoms with Crippen LogP contribution in [0.2, 0.25) is 0 Å². The zero-order chi connectivity index (χ0) is 14.1. The molecule has 0 aromatic heterocycles. The van der Waals surface area contributed by atoms with Gasteiger partial charge >= 0.3 is 0 Å². The van der Waals surface area contributed by atoms with Crippen LogP contribution < -0.4 is 5.32 Å². The summed E-state index contributed by atoms with van der Waals surface area (Å²) in [5.41, 5.74) is 4.47. The molecule has 1 atom stereocenters. The summed E-state index contributed by atoms with van der Waals surface area (Å²) in [4.78, 5) is 0. The zero-order valence-corrected chi connectivity index (χ0v) is 13.0. The molecule has 0 saturated heterocycles. The fourth-order valence-electron chi connectivity index (χ4n) is 2.82. The molecule has 2 aromatic carbocycles. The Hall–Kier alpha value is -1.35. The lowest BCUT2D eigenvalue weighted by molar-refractivity contribution is 0.592. The Kier molecular flexibility index (Phi) is 3.79. The van der Waals surface area contributed by atoms with Crippen molar-refractivity contribution in [3.63, 3.8) is 0 Å². The van der Waals surface area contributed by atoms with Crippen molar-refractivity contribution in [1.82, 2.24) is 0 Å². The first-order valence-electron chi connectivity index (χ1n) is 6.92. The van der Waals surface area contributed by atoms with Gasteiger partial charge in [-0.3, -0.25) is 0 Å². The molecule has 0 radical (unpaired) electrons. The van der Waals surface area contributed by atoms with Gasteiger partial charge in [0.2, 0.25) is 0 Å². The lowest BCUT2D eigenvalue weighted by Crippen LogP contribution is -2.27. The van der Waals surface area contributed by atoms with Gasteiger partial charge in [0.1, 0.15) is 5.82 Å². The van der Waals surface area contributed by atoms with Crippen LogP contribution in [-0.2, 0) is 12.8 Å². The second-order valence-electron chi connectivity index (χ2n) is 5.48. The summed E-state index contributed by atoms with van der Waals surface area (Å²) >= 11 is 3.51. The molecule has 3 heteroatoms. The first kappa shape index (κ1) is 13.6. The minimum atomic E-state index is -0.169. The standard InChI is InChI=1S/C17H17BrFN/c1-11-2-7-16(19)17(8-11)20-15-6-4-12-9-14(18)5-3-13(12)10-15/h2-3,5,7-9,15,20H,4,6,10H2,1H3. The molecule has 1 N–H and O–H groups in total. The Morgan fingerprint density at radius 2 is 2.00 bits per heavy atom. The highest BCUT2D eigenvalue weighted by atomic mass is 79.9. The molecule has 3 rings (SSSR count). The third-order valence-corrected chi connectivity index (χ3v) is 4.37. The second-order valence-corrected chi connectivity index (χ2v) is 6.40. The van der Waals surface area contributed by atoms with Crippen molar-refractivity contribution < 1.29 is 4.39 Å². The Morgan fingerprint density at radius 1 is 1.15 bits per heavy atom. The maximum atomic E-state index is 13.8. The Labute approximate surface area is 127 Å². The van der Waals surface area contributed by atoms with Gasteiger partial charge in [0.25, 0.3) is 0 Å². The van der Waals surface area contributed by atoms with Gasteiger partial charge in [-0.05, 0) is 67.1 Å². The number of hydrogen-bond acceptors (Lipinski definition) is 1. The van der Waals surface area contributed by atoms with E-state index < -0.39 is 0 Å². The molecule has 2 aromatic rings. The summed E-state index contributed by atoms with van der Waals surface area (Å²) in [5, 5.41) is 3.36. The van der Waals surface area contributed by atoms with Crippen molar-refractivity contribution in [1.29, 1.82) is 0 Å². The molecule has 1 aliphatic rings. The zero-order valence-electron chi connectivity index (χ0n) is 11.4. The summed E-state index contributed by atoms with van der Waals surface area (Å²) in [6.45, 7) is 1.98. The predicted octanol–water partition coefficient (Wildman–Crippen LogP) is 4.87. The van der Waals surface area contributed by atoms with Crippen LogP contribution in [-0.4, -0.2) is 6.04 Å². The number of hydrogen-bond donors (Lipinski definition) is 1. The number of nitrogens with one attached hydrogen (secondary N) is 1. The largest absolute Gasteiger partial charge is 0.380 e. The number of rotatable bonds is 2. The van der Waals surface area contributed by atoms with E-state index >= 15 is 0 Å². The molecule has 0 amide bonds. The first-order valence-corrected chi connectivity index (χ1v) is 7.71. The molecular weight excluding hydrogens is 317 g/mol. The van der Waals surface area contributed by atoms with Crippen LogP contribution in [0.1, 0.15) is 23.1 Å². The molecular formula is C17H17BrFN. The van der Waals surface area contributed by atoms with Crippen LogP contribution in [0.5, 0.6) is 0 Å². The van der Waals surface area contributed by atoms with E-state index in [2.05, 4.69) is 39.4 Å². The van der Waals surface area contributed by atoms with E-state index in [0.717, 1.165) is 29.3 Å². The van der Waals surface area contributed by atoms with E-state index in [4.69, 9.17) is 0 Å². The smallest absolute Gasteiger partial charge is 0.146 e. The van der Waals surface area contributed by atoms with Crippen LogP contribution in [0.3, 0.4) is 0 Å². The topological polar surface area (TPSA) is 12.0 Å². The molecule has 1 unspecified atom stereocenters. The summed E-state index contributed by atoms with van der Waals surface area (Å²) < 4.78 is 14.9. The van der Waals surface area contributed by atoms with E-state index in [0.29, 0.717) is 11.7 Å². The quantitative estimate of drug-likeness (QED) is 0.826. The number of anilines is 1. The minimum Gasteiger partial charge on any atom is -0.380 e. The third-order valence-electron chi connectivity index (χ3n) is 3.88. The number of fused-ring (bicyclic) bond motifs is 1. The van der Waals surface area contributed by atoms with Crippen molar-refractivity contribution in [2.45, 2.75) is 32.2 Å². The molecule has 0 aliphatic heterocycles. The van der Waals surface area contributed by atoms with E-state index in [1.54, 1.807) is 6.07 Å². The normalized spacial score (nSPS) is 17.6. The third kappa shape index (κ3) is 2.88. The molecule has 0 saturated carbocycles. The van der Waals surface area contributed by atoms with E-state index in [-0.39, 0.29) is 5.82 Å². The van der Waals surface area contributed by atoms with E-state index in [9.17, 15) is 4.39 Å². The van der Waals surface area contributed by atoms with Gasteiger partial charge in [0.05, 0.1) is 5.69 Å². The van der Waals surface area contributed by atoms with Gasteiger partial charge in [-0.1, -0.05) is 28.1 Å². The number of benzene rings is 2. The van der Waals surface area contributed by atoms with Crippen molar-refractivity contribution in [3.05, 3.63) is 63.4 Å². The van der Waals surface area contributed by atoms with Crippen molar-refractivity contribution in [2.75, 3.05) is 5.32 Å². The fourth-order valence-corrected chi connectivity index (χ4v) is 3.22. The highest BCUT2D eigenvalue weighted by Gasteiger charge is 2.19. The first-order chi connectivity index (χ1) is 9.61. The van der Waals surface area contributed by atoms with Gasteiger partial charge < -0.3 is 5.32 Å². The lowest BCUT2D eigenvalue weighted by atomic mass is 9.88. The van der Waals surface area contributed by atoms with Gasteiger partial charge in [-0.2, -0.15) is 0 Å². The molecule has 104 valence electrons. The van der Waals surface area contributed by atoms with Crippen molar-refractivity contribution in [3.8, 4) is 0 Å². The highest BCUT2D eigenvalue weighted by Crippen LogP contribution is 2.27. The average Bonchev–Trinajstić information content (AvgIpc) is 2.43. The van der Waals surface area contributed by atoms with Crippen LogP contribution in [0.15, 0.2) is 40.9 Å². The lowest BCUT2D eigenvalue weighted by Gasteiger charge is -2.27. The SMILES string of the molecule is Cc1ccc(F)c(NC2CCc3cc(Br)ccc3C2)c1. The molecule has 20 heavy (non-hydrogen) atoms. The molecule has 0 heterocycles. The monoisotopic (exact) mass is 333 g/mol. The summed E-state index contributed by atoms with van der Waals surface area (Å²) in [6, 6.07) is 12.0. The van der Waals surface area contributed by atoms with Gasteiger partial charge in [-0.25, -0.2) is 4.39 Å².